The molecule has 0 spiro atoms. The van der Waals surface area contributed by atoms with Crippen LogP contribution in [0.1, 0.15) is 0 Å². The van der Waals surface area contributed by atoms with Gasteiger partial charge in [-0.2, -0.15) is 0 Å². The van der Waals surface area contributed by atoms with Crippen LogP contribution in [0.4, 0.5) is 0 Å². The number of halogens is 1. The smallest absolute Gasteiger partial charge is 0.148 e. The highest BCUT2D eigenvalue weighted by Gasteiger charge is 2.15. The van der Waals surface area contributed by atoms with E-state index in [1.165, 1.54) is 0 Å². The van der Waals surface area contributed by atoms with Gasteiger partial charge in [0.05, 0.1) is 18.0 Å². The van der Waals surface area contributed by atoms with Gasteiger partial charge in [0.2, 0.25) is 0 Å². The molecule has 1 N–H and O–H groups in total. The molecule has 0 atom stereocenters. The zero-order chi connectivity index (χ0) is 10.8. The third-order valence-corrected chi connectivity index (χ3v) is 2.29. The minimum absolute atomic E-state index is 0.520. The highest BCUT2D eigenvalue weighted by molar-refractivity contribution is 6.32. The number of rotatable bonds is 0. The zero-order valence-corrected chi connectivity index (χ0v) is 9.12. The van der Waals surface area contributed by atoms with E-state index in [1.807, 2.05) is 19.2 Å². The highest BCUT2D eigenvalue weighted by Crippen LogP contribution is 2.13. The maximum absolute atomic E-state index is 5.89. The zero-order valence-electron chi connectivity index (χ0n) is 8.37. The van der Waals surface area contributed by atoms with E-state index in [2.05, 4.69) is 22.0 Å². The molecule has 0 unspecified atom stereocenters. The normalized spacial score (nSPS) is 22.9. The number of hydrogen-bond acceptors (Lipinski definition) is 4. The highest BCUT2D eigenvalue weighted by atomic mass is 35.5. The lowest BCUT2D eigenvalue weighted by Gasteiger charge is -2.27. The summed E-state index contributed by atoms with van der Waals surface area (Å²) in [5.74, 6) is 0.710. The first-order chi connectivity index (χ1) is 7.16. The maximum atomic E-state index is 5.89. The Labute approximate surface area is 93.3 Å². The second-order valence-corrected chi connectivity index (χ2v) is 3.62. The van der Waals surface area contributed by atoms with Gasteiger partial charge in [0.25, 0.3) is 0 Å². The first-order valence-electron chi connectivity index (χ1n) is 4.53. The summed E-state index contributed by atoms with van der Waals surface area (Å²) in [5.41, 5.74) is 4.40. The van der Waals surface area contributed by atoms with Crippen molar-refractivity contribution in [3.63, 3.8) is 0 Å². The van der Waals surface area contributed by atoms with Gasteiger partial charge in [-0.05, 0) is 6.08 Å². The first kappa shape index (κ1) is 9.98. The summed E-state index contributed by atoms with van der Waals surface area (Å²) in [6, 6.07) is 0. The Kier molecular flexibility index (Phi) is 2.60. The first-order valence-corrected chi connectivity index (χ1v) is 4.91. The van der Waals surface area contributed by atoms with E-state index in [9.17, 15) is 0 Å². The predicted molar refractivity (Wildman–Crippen MR) is 62.9 cm³/mol. The van der Waals surface area contributed by atoms with Gasteiger partial charge in [-0.25, -0.2) is 4.99 Å². The molecule has 0 fully saturated rings. The van der Waals surface area contributed by atoms with E-state index >= 15 is 0 Å². The second-order valence-electron chi connectivity index (χ2n) is 3.21. The number of nitrogens with one attached hydrogen (secondary N) is 1. The molecule has 0 radical (unpaired) electrons. The van der Waals surface area contributed by atoms with Crippen LogP contribution in [0.5, 0.6) is 0 Å². The summed E-state index contributed by atoms with van der Waals surface area (Å²) in [6.45, 7) is 4.60. The summed E-state index contributed by atoms with van der Waals surface area (Å²) in [6.07, 6.45) is 5.57. The Morgan fingerprint density at radius 2 is 2.47 bits per heavy atom. The summed E-state index contributed by atoms with van der Waals surface area (Å²) in [5, 5.41) is 2.24. The van der Waals surface area contributed by atoms with Crippen molar-refractivity contribution in [3.8, 4) is 0 Å². The van der Waals surface area contributed by atoms with E-state index < -0.39 is 0 Å². The van der Waals surface area contributed by atoms with Crippen molar-refractivity contribution in [2.75, 3.05) is 13.6 Å². The molecule has 0 saturated heterocycles. The summed E-state index contributed by atoms with van der Waals surface area (Å²) in [4.78, 5) is 8.53. The lowest BCUT2D eigenvalue weighted by atomic mass is 10.2. The van der Waals surface area contributed by atoms with Crippen molar-refractivity contribution in [1.29, 1.82) is 0 Å². The predicted octanol–water partition coefficient (Wildman–Crippen LogP) is 1.44. The number of allylic oxidation sites excluding steroid dienone is 1. The number of hydrazine groups is 1. The van der Waals surface area contributed by atoms with Crippen LogP contribution >= 0.6 is 11.6 Å². The van der Waals surface area contributed by atoms with Gasteiger partial charge in [-0.1, -0.05) is 24.3 Å². The number of nitrogens with zero attached hydrogens (tertiary/aromatic N) is 3. The Bertz CT molecular complexity index is 417. The lowest BCUT2D eigenvalue weighted by molar-refractivity contribution is 0.361. The van der Waals surface area contributed by atoms with E-state index in [0.717, 1.165) is 11.4 Å². The molecular weight excluding hydrogens is 212 g/mol. The van der Waals surface area contributed by atoms with Gasteiger partial charge in [0.15, 0.2) is 0 Å². The minimum Gasteiger partial charge on any atom is -0.289 e. The Balaban J connectivity index is 2.30. The molecule has 0 amide bonds. The molecule has 5 heteroatoms. The van der Waals surface area contributed by atoms with Crippen molar-refractivity contribution >= 4 is 23.1 Å². The third kappa shape index (κ3) is 2.10. The fraction of sp³-hybridized carbons (Fsp3) is 0.200. The molecule has 0 aromatic rings. The molecule has 78 valence electrons. The Morgan fingerprint density at radius 3 is 3.13 bits per heavy atom. The topological polar surface area (TPSA) is 40.0 Å². The fourth-order valence-electron chi connectivity index (χ4n) is 1.29. The Hall–Kier alpha value is -1.55. The molecule has 2 heterocycles. The molecule has 2 aliphatic rings. The maximum Gasteiger partial charge on any atom is 0.148 e. The van der Waals surface area contributed by atoms with Gasteiger partial charge in [0, 0.05) is 13.1 Å². The summed E-state index contributed by atoms with van der Waals surface area (Å²) < 4.78 is 0. The van der Waals surface area contributed by atoms with Crippen LogP contribution in [0.2, 0.25) is 0 Å². The van der Waals surface area contributed by atoms with Crippen LogP contribution in [0.25, 0.3) is 0 Å². The quantitative estimate of drug-likeness (QED) is 0.630. The molecule has 0 aromatic carbocycles. The van der Waals surface area contributed by atoms with Crippen LogP contribution in [-0.2, 0) is 0 Å². The largest absolute Gasteiger partial charge is 0.289 e. The molecular formula is C10H11ClN4. The van der Waals surface area contributed by atoms with E-state index in [-0.39, 0.29) is 0 Å². The van der Waals surface area contributed by atoms with Gasteiger partial charge in [-0.15, -0.1) is 0 Å². The number of aliphatic imine (C=N–C) groups is 2. The van der Waals surface area contributed by atoms with Gasteiger partial charge in [0.1, 0.15) is 11.0 Å². The lowest BCUT2D eigenvalue weighted by Crippen LogP contribution is -2.38. The van der Waals surface area contributed by atoms with Crippen molar-refractivity contribution < 1.29 is 0 Å². The minimum atomic E-state index is 0.520. The molecule has 2 rings (SSSR count). The van der Waals surface area contributed by atoms with Crippen LogP contribution in [-0.4, -0.2) is 30.1 Å². The van der Waals surface area contributed by atoms with Crippen LogP contribution in [0, 0.1) is 0 Å². The van der Waals surface area contributed by atoms with Crippen molar-refractivity contribution in [1.82, 2.24) is 10.4 Å². The van der Waals surface area contributed by atoms with E-state index in [4.69, 9.17) is 11.6 Å². The molecule has 4 nitrogen and oxygen atoms in total. The SMILES string of the molecule is C=C1C(=NC2=NCC=C2)C=C(Cl)NN1C. The van der Waals surface area contributed by atoms with Crippen molar-refractivity contribution in [2.45, 2.75) is 0 Å². The molecule has 15 heavy (non-hydrogen) atoms. The summed E-state index contributed by atoms with van der Waals surface area (Å²) >= 11 is 5.89. The number of hydrogen-bond donors (Lipinski definition) is 1. The average Bonchev–Trinajstić information content (AvgIpc) is 2.66. The van der Waals surface area contributed by atoms with Crippen LogP contribution in [0.15, 0.2) is 45.6 Å². The third-order valence-electron chi connectivity index (χ3n) is 2.10. The van der Waals surface area contributed by atoms with Gasteiger partial charge >= 0.3 is 0 Å². The van der Waals surface area contributed by atoms with Crippen LogP contribution < -0.4 is 5.43 Å². The second kappa shape index (κ2) is 3.90. The molecule has 0 saturated carbocycles. The summed E-state index contributed by atoms with van der Waals surface area (Å²) in [7, 11) is 1.83. The molecule has 0 bridgehead atoms. The van der Waals surface area contributed by atoms with E-state index in [1.54, 1.807) is 11.1 Å². The monoisotopic (exact) mass is 222 g/mol. The number of amidine groups is 1. The average molecular weight is 223 g/mol. The molecule has 2 aliphatic heterocycles. The van der Waals surface area contributed by atoms with Gasteiger partial charge in [-0.3, -0.25) is 15.4 Å². The van der Waals surface area contributed by atoms with E-state index in [0.29, 0.717) is 17.5 Å². The molecule has 0 aromatic heterocycles. The molecule has 0 aliphatic carbocycles. The van der Waals surface area contributed by atoms with Crippen molar-refractivity contribution in [2.24, 2.45) is 9.98 Å². The van der Waals surface area contributed by atoms with Crippen molar-refractivity contribution in [3.05, 3.63) is 35.7 Å². The van der Waals surface area contributed by atoms with Crippen LogP contribution in [0.3, 0.4) is 0 Å². The fourth-order valence-corrected chi connectivity index (χ4v) is 1.52. The van der Waals surface area contributed by atoms with Gasteiger partial charge < -0.3 is 0 Å². The standard InChI is InChI=1S/C10H11ClN4/c1-7-8(6-9(11)14-15(7)2)13-10-4-3-5-12-10/h3-4,6,14H,1,5H2,2H3. The Morgan fingerprint density at radius 1 is 1.67 bits per heavy atom.